The van der Waals surface area contributed by atoms with Crippen LogP contribution in [0, 0.1) is 0 Å². The van der Waals surface area contributed by atoms with Crippen LogP contribution in [0.25, 0.3) is 0 Å². The molecule has 38 heavy (non-hydrogen) atoms. The Morgan fingerprint density at radius 2 is 1.05 bits per heavy atom. The van der Waals surface area contributed by atoms with E-state index in [0.29, 0.717) is 39.2 Å². The van der Waals surface area contributed by atoms with E-state index in [1.54, 1.807) is 0 Å². The summed E-state index contributed by atoms with van der Waals surface area (Å²) in [6.07, 6.45) is 18.9. The summed E-state index contributed by atoms with van der Waals surface area (Å²) in [6.45, 7) is 7.63. The second kappa shape index (κ2) is 25.6. The van der Waals surface area contributed by atoms with Crippen LogP contribution < -0.4 is 5.32 Å². The van der Waals surface area contributed by atoms with Gasteiger partial charge in [0, 0.05) is 26.0 Å². The van der Waals surface area contributed by atoms with Crippen molar-refractivity contribution < 1.29 is 33.3 Å². The summed E-state index contributed by atoms with van der Waals surface area (Å²) in [6, 6.07) is 0. The molecule has 8 heteroatoms. The van der Waals surface area contributed by atoms with Crippen LogP contribution in [0.2, 0.25) is 0 Å². The van der Waals surface area contributed by atoms with Gasteiger partial charge >= 0.3 is 11.9 Å². The fourth-order valence-corrected chi connectivity index (χ4v) is 3.99. The summed E-state index contributed by atoms with van der Waals surface area (Å²) in [5.74, 6) is -0.350. The number of rotatable bonds is 26. The van der Waals surface area contributed by atoms with E-state index in [-0.39, 0.29) is 24.1 Å². The van der Waals surface area contributed by atoms with Crippen molar-refractivity contribution in [3.05, 3.63) is 0 Å². The van der Waals surface area contributed by atoms with E-state index < -0.39 is 5.97 Å². The Balaban J connectivity index is 3.24. The smallest absolute Gasteiger partial charge is 0.331 e. The normalized spacial score (nSPS) is 11.4. The number of hydrogen-bond acceptors (Lipinski definition) is 7. The summed E-state index contributed by atoms with van der Waals surface area (Å²) in [4.78, 5) is 34.4. The zero-order valence-corrected chi connectivity index (χ0v) is 24.9. The van der Waals surface area contributed by atoms with E-state index in [0.717, 1.165) is 32.1 Å². The molecule has 0 aromatic rings. The van der Waals surface area contributed by atoms with Crippen molar-refractivity contribution in [2.24, 2.45) is 0 Å². The topological polar surface area (TPSA) is 100 Å². The lowest BCUT2D eigenvalue weighted by atomic mass is 10.0. The van der Waals surface area contributed by atoms with Crippen LogP contribution in [0.1, 0.15) is 130 Å². The second-order valence-corrected chi connectivity index (χ2v) is 11.0. The van der Waals surface area contributed by atoms with Crippen LogP contribution in [0.4, 0.5) is 0 Å². The molecule has 0 aliphatic rings. The molecule has 0 unspecified atom stereocenters. The van der Waals surface area contributed by atoms with Crippen molar-refractivity contribution in [3.63, 3.8) is 0 Å². The molecular formula is C30H57NO7. The van der Waals surface area contributed by atoms with Gasteiger partial charge in [0.25, 0.3) is 0 Å². The first kappa shape index (κ1) is 36.3. The average molecular weight is 544 g/mol. The van der Waals surface area contributed by atoms with Gasteiger partial charge in [0.05, 0.1) is 20.3 Å². The molecule has 0 fully saturated rings. The molecule has 0 saturated heterocycles. The van der Waals surface area contributed by atoms with E-state index in [1.807, 2.05) is 20.8 Å². The highest BCUT2D eigenvalue weighted by Gasteiger charge is 2.15. The summed E-state index contributed by atoms with van der Waals surface area (Å²) < 4.78 is 20.3. The van der Waals surface area contributed by atoms with Crippen molar-refractivity contribution in [1.82, 2.24) is 5.32 Å². The summed E-state index contributed by atoms with van der Waals surface area (Å²) in [7, 11) is 1.32. The number of ether oxygens (including phenoxy) is 4. The lowest BCUT2D eigenvalue weighted by Crippen LogP contribution is -2.25. The first-order valence-corrected chi connectivity index (χ1v) is 15.0. The number of hydrogen-bond donors (Lipinski definition) is 1. The van der Waals surface area contributed by atoms with E-state index >= 15 is 0 Å². The minimum Gasteiger partial charge on any atom is -0.467 e. The maximum atomic E-state index is 11.9. The van der Waals surface area contributed by atoms with Gasteiger partial charge in [-0.3, -0.25) is 9.59 Å². The zero-order chi connectivity index (χ0) is 28.3. The van der Waals surface area contributed by atoms with E-state index in [1.165, 1.54) is 71.3 Å². The molecule has 1 N–H and O–H groups in total. The second-order valence-electron chi connectivity index (χ2n) is 11.0. The van der Waals surface area contributed by atoms with Gasteiger partial charge < -0.3 is 24.3 Å². The molecule has 0 aliphatic carbocycles. The number of carbonyl (C=O) groups excluding carboxylic acids is 3. The minimum atomic E-state index is -0.396. The molecule has 0 bridgehead atoms. The van der Waals surface area contributed by atoms with Crippen LogP contribution in [0.15, 0.2) is 0 Å². The van der Waals surface area contributed by atoms with Gasteiger partial charge in [-0.1, -0.05) is 77.0 Å². The predicted octanol–water partition coefficient (Wildman–Crippen LogP) is 6.28. The van der Waals surface area contributed by atoms with Crippen LogP contribution in [0.5, 0.6) is 0 Å². The largest absolute Gasteiger partial charge is 0.467 e. The van der Waals surface area contributed by atoms with Gasteiger partial charge in [-0.15, -0.1) is 0 Å². The van der Waals surface area contributed by atoms with Gasteiger partial charge in [-0.25, -0.2) is 4.79 Å². The third kappa shape index (κ3) is 28.9. The average Bonchev–Trinajstić information content (AvgIpc) is 2.86. The van der Waals surface area contributed by atoms with Crippen LogP contribution in [-0.2, 0) is 33.3 Å². The van der Waals surface area contributed by atoms with Crippen LogP contribution in [-0.4, -0.2) is 63.5 Å². The first-order chi connectivity index (χ1) is 18.2. The molecule has 0 aromatic heterocycles. The van der Waals surface area contributed by atoms with E-state index in [4.69, 9.17) is 14.2 Å². The van der Waals surface area contributed by atoms with Gasteiger partial charge in [0.2, 0.25) is 5.91 Å². The highest BCUT2D eigenvalue weighted by Crippen LogP contribution is 2.15. The number of carbonyl (C=O) groups is 3. The van der Waals surface area contributed by atoms with Gasteiger partial charge in [-0.05, 0) is 40.0 Å². The lowest BCUT2D eigenvalue weighted by molar-refractivity contribution is -0.155. The number of methoxy groups -OCH3 is 1. The molecule has 224 valence electrons. The van der Waals surface area contributed by atoms with E-state index in [9.17, 15) is 14.4 Å². The molecule has 0 aliphatic heterocycles. The third-order valence-electron chi connectivity index (χ3n) is 6.06. The number of nitrogens with one attached hydrogen (secondary N) is 1. The lowest BCUT2D eigenvalue weighted by Gasteiger charge is -2.19. The Kier molecular flexibility index (Phi) is 24.5. The Labute approximate surface area is 232 Å². The third-order valence-corrected chi connectivity index (χ3v) is 6.06. The molecule has 1 amide bonds. The number of esters is 2. The molecule has 0 rings (SSSR count). The van der Waals surface area contributed by atoms with Crippen molar-refractivity contribution >= 4 is 17.8 Å². The highest BCUT2D eigenvalue weighted by atomic mass is 16.6. The maximum absolute atomic E-state index is 11.9. The minimum absolute atomic E-state index is 0.0569. The maximum Gasteiger partial charge on any atom is 0.331 e. The predicted molar refractivity (Wildman–Crippen MR) is 151 cm³/mol. The van der Waals surface area contributed by atoms with Crippen molar-refractivity contribution in [3.8, 4) is 0 Å². The van der Waals surface area contributed by atoms with Crippen molar-refractivity contribution in [2.45, 2.75) is 136 Å². The molecule has 0 heterocycles. The van der Waals surface area contributed by atoms with Crippen molar-refractivity contribution in [1.29, 1.82) is 0 Å². The molecule has 0 spiro atoms. The Bertz CT molecular complexity index is 590. The van der Waals surface area contributed by atoms with Gasteiger partial charge in [0.15, 0.2) is 0 Å². The van der Waals surface area contributed by atoms with Crippen LogP contribution in [0.3, 0.4) is 0 Å². The van der Waals surface area contributed by atoms with Crippen molar-refractivity contribution in [2.75, 3.05) is 40.1 Å². The molecule has 0 aromatic carbocycles. The summed E-state index contributed by atoms with van der Waals surface area (Å²) in [5.41, 5.74) is -0.374. The molecular weight excluding hydrogens is 486 g/mol. The Morgan fingerprint density at radius 3 is 1.55 bits per heavy atom. The SMILES string of the molecule is COC(=O)COCCOCCCNC(=O)CCCCCCCCCCCCCCCCC(=O)OC(C)(C)C. The number of amides is 1. The molecule has 0 atom stereocenters. The highest BCUT2D eigenvalue weighted by molar-refractivity contribution is 5.75. The fourth-order valence-electron chi connectivity index (χ4n) is 3.99. The monoisotopic (exact) mass is 543 g/mol. The zero-order valence-electron chi connectivity index (χ0n) is 24.9. The quantitative estimate of drug-likeness (QED) is 0.101. The Hall–Kier alpha value is -1.67. The van der Waals surface area contributed by atoms with Crippen LogP contribution >= 0.6 is 0 Å². The fraction of sp³-hybridized carbons (Fsp3) is 0.900. The van der Waals surface area contributed by atoms with Gasteiger partial charge in [-0.2, -0.15) is 0 Å². The first-order valence-electron chi connectivity index (χ1n) is 15.0. The Morgan fingerprint density at radius 1 is 0.579 bits per heavy atom. The number of unbranched alkanes of at least 4 members (excludes halogenated alkanes) is 13. The molecule has 0 saturated carbocycles. The molecule has 8 nitrogen and oxygen atoms in total. The van der Waals surface area contributed by atoms with Gasteiger partial charge in [0.1, 0.15) is 12.2 Å². The summed E-state index contributed by atoms with van der Waals surface area (Å²) >= 11 is 0. The molecule has 0 radical (unpaired) electrons. The standard InChI is InChI=1S/C30H57NO7/c1-30(2,3)38-28(33)21-18-16-14-12-10-8-6-5-7-9-11-13-15-17-20-27(32)31-22-19-23-36-24-25-37-26-29(34)35-4/h5-26H2,1-4H3,(H,31,32). The summed E-state index contributed by atoms with van der Waals surface area (Å²) in [5, 5.41) is 2.94. The van der Waals surface area contributed by atoms with E-state index in [2.05, 4.69) is 10.1 Å².